The molecule has 0 saturated heterocycles. The van der Waals surface area contributed by atoms with Gasteiger partial charge in [0.1, 0.15) is 5.52 Å². The molecule has 0 unspecified atom stereocenters. The summed E-state index contributed by atoms with van der Waals surface area (Å²) in [6.07, 6.45) is 1.16. The van der Waals surface area contributed by atoms with E-state index >= 15 is 0 Å². The third-order valence-electron chi connectivity index (χ3n) is 4.73. The molecule has 4 rings (SSSR count). The first-order valence-electron chi connectivity index (χ1n) is 9.23. The number of benzene rings is 2. The molecule has 5 heteroatoms. The van der Waals surface area contributed by atoms with Crippen molar-refractivity contribution in [1.29, 1.82) is 0 Å². The molecular formula is C21H25N5. The van der Waals surface area contributed by atoms with Gasteiger partial charge in [0.25, 0.3) is 0 Å². The molecule has 0 amide bonds. The quantitative estimate of drug-likeness (QED) is 0.521. The molecule has 134 valence electrons. The average molecular weight is 347 g/mol. The fourth-order valence-corrected chi connectivity index (χ4v) is 3.45. The van der Waals surface area contributed by atoms with Gasteiger partial charge in [-0.05, 0) is 51.8 Å². The average Bonchev–Trinajstić information content (AvgIpc) is 2.95. The molecule has 0 saturated carbocycles. The van der Waals surface area contributed by atoms with Crippen molar-refractivity contribution in [2.24, 2.45) is 0 Å². The minimum Gasteiger partial charge on any atom is -0.323 e. The van der Waals surface area contributed by atoms with Crippen LogP contribution in [0.25, 0.3) is 33.1 Å². The minimum atomic E-state index is 0.888. The van der Waals surface area contributed by atoms with E-state index in [1.54, 1.807) is 0 Å². The highest BCUT2D eigenvalue weighted by Gasteiger charge is 2.13. The summed E-state index contributed by atoms with van der Waals surface area (Å²) in [5.41, 5.74) is 5.06. The van der Waals surface area contributed by atoms with Gasteiger partial charge in [-0.25, -0.2) is 9.97 Å². The molecule has 4 aromatic rings. The Morgan fingerprint density at radius 1 is 0.923 bits per heavy atom. The summed E-state index contributed by atoms with van der Waals surface area (Å²) in [4.78, 5) is 12.0. The first-order chi connectivity index (χ1) is 12.7. The van der Waals surface area contributed by atoms with Crippen molar-refractivity contribution in [3.8, 4) is 0 Å². The zero-order valence-corrected chi connectivity index (χ0v) is 15.4. The monoisotopic (exact) mass is 347 g/mol. The highest BCUT2D eigenvalue weighted by Crippen LogP contribution is 2.27. The Bertz CT molecular complexity index is 1030. The number of hydrogen-bond acceptors (Lipinski definition) is 4. The number of aromatic nitrogens is 3. The van der Waals surface area contributed by atoms with Gasteiger partial charge in [0.2, 0.25) is 0 Å². The maximum atomic E-state index is 4.92. The number of para-hydroxylation sites is 3. The van der Waals surface area contributed by atoms with Gasteiger partial charge in [-0.3, -0.25) is 0 Å². The van der Waals surface area contributed by atoms with Crippen LogP contribution < -0.4 is 5.32 Å². The van der Waals surface area contributed by atoms with Crippen molar-refractivity contribution in [2.45, 2.75) is 13.0 Å². The van der Waals surface area contributed by atoms with Crippen LogP contribution in [0.2, 0.25) is 0 Å². The highest BCUT2D eigenvalue weighted by atomic mass is 15.1. The molecule has 2 heterocycles. The zero-order chi connectivity index (χ0) is 17.9. The number of rotatable bonds is 7. The fourth-order valence-electron chi connectivity index (χ4n) is 3.45. The maximum Gasteiger partial charge on any atom is 0.160 e. The van der Waals surface area contributed by atoms with Crippen LogP contribution in [0.4, 0.5) is 0 Å². The van der Waals surface area contributed by atoms with Gasteiger partial charge in [0.05, 0.1) is 16.6 Å². The molecule has 0 aliphatic heterocycles. The maximum absolute atomic E-state index is 4.92. The fraction of sp³-hybridized carbons (Fsp3) is 0.333. The van der Waals surface area contributed by atoms with Crippen molar-refractivity contribution >= 4 is 33.1 Å². The van der Waals surface area contributed by atoms with Gasteiger partial charge in [-0.1, -0.05) is 30.3 Å². The lowest BCUT2D eigenvalue weighted by Gasteiger charge is -2.11. The summed E-state index contributed by atoms with van der Waals surface area (Å²) < 4.78 is 2.29. The predicted octanol–water partition coefficient (Wildman–Crippen LogP) is 3.28. The largest absolute Gasteiger partial charge is 0.323 e. The second-order valence-electron chi connectivity index (χ2n) is 6.96. The van der Waals surface area contributed by atoms with Gasteiger partial charge in [0.15, 0.2) is 5.65 Å². The number of fused-ring (bicyclic) bond motifs is 4. The van der Waals surface area contributed by atoms with Gasteiger partial charge in [-0.2, -0.15) is 0 Å². The van der Waals surface area contributed by atoms with E-state index in [1.807, 2.05) is 24.3 Å². The Balaban J connectivity index is 1.64. The van der Waals surface area contributed by atoms with E-state index in [9.17, 15) is 0 Å². The van der Waals surface area contributed by atoms with Crippen molar-refractivity contribution in [2.75, 3.05) is 33.7 Å². The SMILES string of the molecule is CN(C)CCCNCCn1c2ccccc2c2nc3ccccc3nc21. The topological polar surface area (TPSA) is 46.0 Å². The van der Waals surface area contributed by atoms with Gasteiger partial charge in [0, 0.05) is 18.5 Å². The molecule has 2 aromatic heterocycles. The zero-order valence-electron chi connectivity index (χ0n) is 15.4. The van der Waals surface area contributed by atoms with Crippen LogP contribution in [-0.2, 0) is 6.54 Å². The molecule has 5 nitrogen and oxygen atoms in total. The molecule has 0 radical (unpaired) electrons. The Labute approximate surface area is 153 Å². The smallest absolute Gasteiger partial charge is 0.160 e. The van der Waals surface area contributed by atoms with Gasteiger partial charge >= 0.3 is 0 Å². The van der Waals surface area contributed by atoms with Crippen LogP contribution in [0.3, 0.4) is 0 Å². The molecule has 1 N–H and O–H groups in total. The molecule has 2 aromatic carbocycles. The Morgan fingerprint density at radius 2 is 1.65 bits per heavy atom. The van der Waals surface area contributed by atoms with Crippen molar-refractivity contribution in [1.82, 2.24) is 24.8 Å². The van der Waals surface area contributed by atoms with Crippen molar-refractivity contribution < 1.29 is 0 Å². The van der Waals surface area contributed by atoms with E-state index in [0.29, 0.717) is 0 Å². The molecule has 0 fully saturated rings. The second-order valence-corrected chi connectivity index (χ2v) is 6.96. The highest BCUT2D eigenvalue weighted by molar-refractivity contribution is 6.06. The summed E-state index contributed by atoms with van der Waals surface area (Å²) >= 11 is 0. The van der Waals surface area contributed by atoms with Gasteiger partial charge in [-0.15, -0.1) is 0 Å². The van der Waals surface area contributed by atoms with Crippen LogP contribution in [-0.4, -0.2) is 53.2 Å². The summed E-state index contributed by atoms with van der Waals surface area (Å²) in [6, 6.07) is 16.5. The predicted molar refractivity (Wildman–Crippen MR) is 109 cm³/mol. The molecular weight excluding hydrogens is 322 g/mol. The summed E-state index contributed by atoms with van der Waals surface area (Å²) in [7, 11) is 4.22. The lowest BCUT2D eigenvalue weighted by molar-refractivity contribution is 0.393. The normalized spacial score (nSPS) is 12.0. The lowest BCUT2D eigenvalue weighted by atomic mass is 10.2. The number of hydrogen-bond donors (Lipinski definition) is 1. The Kier molecular flexibility index (Phi) is 4.82. The second kappa shape index (κ2) is 7.40. The molecule has 0 atom stereocenters. The van der Waals surface area contributed by atoms with Crippen LogP contribution >= 0.6 is 0 Å². The standard InChI is InChI=1S/C21H25N5/c1-25(2)14-7-12-22-13-15-26-19-11-6-3-8-16(19)20-21(26)24-18-10-5-4-9-17(18)23-20/h3-6,8-11,22H,7,12-15H2,1-2H3. The Hall–Kier alpha value is -2.50. The first kappa shape index (κ1) is 16.9. The van der Waals surface area contributed by atoms with Crippen LogP contribution in [0.15, 0.2) is 48.5 Å². The van der Waals surface area contributed by atoms with Crippen molar-refractivity contribution in [3.63, 3.8) is 0 Å². The van der Waals surface area contributed by atoms with Crippen molar-refractivity contribution in [3.05, 3.63) is 48.5 Å². The van der Waals surface area contributed by atoms with E-state index in [0.717, 1.165) is 54.8 Å². The first-order valence-corrected chi connectivity index (χ1v) is 9.23. The minimum absolute atomic E-state index is 0.888. The third kappa shape index (κ3) is 3.28. The molecule has 0 aliphatic carbocycles. The molecule has 0 aliphatic rings. The molecule has 26 heavy (non-hydrogen) atoms. The van der Waals surface area contributed by atoms with E-state index < -0.39 is 0 Å². The number of nitrogens with zero attached hydrogens (tertiary/aromatic N) is 4. The van der Waals surface area contributed by atoms with E-state index in [2.05, 4.69) is 53.1 Å². The van der Waals surface area contributed by atoms with Crippen LogP contribution in [0.5, 0.6) is 0 Å². The third-order valence-corrected chi connectivity index (χ3v) is 4.73. The van der Waals surface area contributed by atoms with E-state index in [1.165, 1.54) is 10.9 Å². The summed E-state index contributed by atoms with van der Waals surface area (Å²) in [5.74, 6) is 0. The summed E-state index contributed by atoms with van der Waals surface area (Å²) in [5, 5.41) is 4.72. The van der Waals surface area contributed by atoms with E-state index in [4.69, 9.17) is 9.97 Å². The van der Waals surface area contributed by atoms with Crippen LogP contribution in [0, 0.1) is 0 Å². The summed E-state index contributed by atoms with van der Waals surface area (Å²) in [6.45, 7) is 3.96. The lowest BCUT2D eigenvalue weighted by Crippen LogP contribution is -2.24. The molecule has 0 spiro atoms. The van der Waals surface area contributed by atoms with E-state index in [-0.39, 0.29) is 0 Å². The Morgan fingerprint density at radius 3 is 2.46 bits per heavy atom. The molecule has 0 bridgehead atoms. The number of nitrogens with one attached hydrogen (secondary N) is 1. The van der Waals surface area contributed by atoms with Crippen LogP contribution in [0.1, 0.15) is 6.42 Å². The van der Waals surface area contributed by atoms with Gasteiger partial charge < -0.3 is 14.8 Å².